The van der Waals surface area contributed by atoms with E-state index in [2.05, 4.69) is 0 Å². The Bertz CT molecular complexity index is 592. The number of benzene rings is 1. The van der Waals surface area contributed by atoms with Crippen LogP contribution in [0.3, 0.4) is 0 Å². The van der Waals surface area contributed by atoms with Gasteiger partial charge in [-0.1, -0.05) is 41.9 Å². The number of hydrogen-bond acceptors (Lipinski definition) is 6. The summed E-state index contributed by atoms with van der Waals surface area (Å²) in [4.78, 5) is 12.1. The third-order valence-corrected chi connectivity index (χ3v) is 4.50. The van der Waals surface area contributed by atoms with E-state index < -0.39 is 35.1 Å². The van der Waals surface area contributed by atoms with Crippen molar-refractivity contribution < 1.29 is 28.5 Å². The highest BCUT2D eigenvalue weighted by Crippen LogP contribution is 2.46. The lowest BCUT2D eigenvalue weighted by Gasteiger charge is -2.27. The number of hydrogen-bond donors (Lipinski definition) is 0. The fourth-order valence-electron chi connectivity index (χ4n) is 3.00. The molecule has 6 nitrogen and oxygen atoms in total. The molecule has 2 aliphatic rings. The molecule has 2 fully saturated rings. The van der Waals surface area contributed by atoms with Gasteiger partial charge in [-0.05, 0) is 19.4 Å². The number of carbonyl (C=O) groups excluding carboxylic acids is 1. The molecule has 0 N–H and O–H groups in total. The zero-order valence-electron chi connectivity index (χ0n) is 13.9. The van der Waals surface area contributed by atoms with Crippen molar-refractivity contribution in [1.29, 1.82) is 0 Å². The molecule has 4 atom stereocenters. The van der Waals surface area contributed by atoms with Crippen LogP contribution in [0.2, 0.25) is 0 Å². The Morgan fingerprint density at radius 1 is 1.21 bits per heavy atom. The normalized spacial score (nSPS) is 34.1. The SMILES string of the molecule is COC(=O)[C@@]1(Cl)O[C@H](COCc2ccccc2)[C@H]2OC(C)(C)O[C@H]21. The second kappa shape index (κ2) is 6.61. The van der Waals surface area contributed by atoms with Crippen molar-refractivity contribution in [1.82, 2.24) is 0 Å². The van der Waals surface area contributed by atoms with Gasteiger partial charge in [0, 0.05) is 0 Å². The van der Waals surface area contributed by atoms with Gasteiger partial charge in [0.05, 0.1) is 20.3 Å². The highest BCUT2D eigenvalue weighted by atomic mass is 35.5. The predicted octanol–water partition coefficient (Wildman–Crippen LogP) is 2.23. The first-order valence-electron chi connectivity index (χ1n) is 7.78. The highest BCUT2D eigenvalue weighted by Gasteiger charge is 2.66. The molecule has 2 saturated heterocycles. The molecule has 0 radical (unpaired) electrons. The van der Waals surface area contributed by atoms with E-state index in [1.54, 1.807) is 13.8 Å². The molecule has 0 aromatic heterocycles. The topological polar surface area (TPSA) is 63.2 Å². The monoisotopic (exact) mass is 356 g/mol. The molecule has 2 heterocycles. The lowest BCUT2D eigenvalue weighted by Crippen LogP contribution is -2.45. The summed E-state index contributed by atoms with van der Waals surface area (Å²) in [5, 5.41) is -1.73. The molecule has 1 aromatic rings. The van der Waals surface area contributed by atoms with Gasteiger partial charge in [-0.15, -0.1) is 0 Å². The van der Waals surface area contributed by atoms with E-state index in [1.807, 2.05) is 30.3 Å². The zero-order chi connectivity index (χ0) is 17.4. The van der Waals surface area contributed by atoms with Gasteiger partial charge in [-0.2, -0.15) is 0 Å². The number of halogens is 1. The summed E-state index contributed by atoms with van der Waals surface area (Å²) < 4.78 is 27.8. The molecule has 7 heteroatoms. The van der Waals surface area contributed by atoms with Gasteiger partial charge >= 0.3 is 5.97 Å². The molecule has 0 aliphatic carbocycles. The minimum Gasteiger partial charge on any atom is -0.466 e. The van der Waals surface area contributed by atoms with Crippen molar-refractivity contribution >= 4 is 17.6 Å². The third-order valence-electron chi connectivity index (χ3n) is 4.04. The van der Waals surface area contributed by atoms with E-state index in [0.717, 1.165) is 5.56 Å². The van der Waals surface area contributed by atoms with Crippen LogP contribution < -0.4 is 0 Å². The summed E-state index contributed by atoms with van der Waals surface area (Å²) in [7, 11) is 1.25. The first kappa shape index (κ1) is 17.6. The molecular formula is C17H21ClO6. The van der Waals surface area contributed by atoms with E-state index in [9.17, 15) is 4.79 Å². The zero-order valence-corrected chi connectivity index (χ0v) is 14.6. The highest BCUT2D eigenvalue weighted by molar-refractivity contribution is 6.33. The Hall–Kier alpha value is -1.18. The van der Waals surface area contributed by atoms with Gasteiger partial charge in [0.25, 0.3) is 5.06 Å². The molecule has 2 aliphatic heterocycles. The molecule has 1 aromatic carbocycles. The van der Waals surface area contributed by atoms with E-state index in [1.165, 1.54) is 7.11 Å². The second-order valence-electron chi connectivity index (χ2n) is 6.31. The van der Waals surface area contributed by atoms with Crippen molar-refractivity contribution in [3.8, 4) is 0 Å². The molecule has 0 bridgehead atoms. The van der Waals surface area contributed by atoms with Crippen LogP contribution in [0.25, 0.3) is 0 Å². The first-order chi connectivity index (χ1) is 11.4. The number of carbonyl (C=O) groups is 1. The maximum atomic E-state index is 12.1. The van der Waals surface area contributed by atoms with Crippen LogP contribution >= 0.6 is 11.6 Å². The lowest BCUT2D eigenvalue weighted by atomic mass is 10.1. The van der Waals surface area contributed by atoms with Gasteiger partial charge in [-0.25, -0.2) is 4.79 Å². The average molecular weight is 357 g/mol. The molecule has 132 valence electrons. The first-order valence-corrected chi connectivity index (χ1v) is 8.16. The van der Waals surface area contributed by atoms with Crippen molar-refractivity contribution in [2.75, 3.05) is 13.7 Å². The number of methoxy groups -OCH3 is 1. The molecule has 0 unspecified atom stereocenters. The smallest absolute Gasteiger partial charge is 0.357 e. The summed E-state index contributed by atoms with van der Waals surface area (Å²) in [5.74, 6) is -1.56. The minimum atomic E-state index is -1.73. The number of ether oxygens (including phenoxy) is 5. The van der Waals surface area contributed by atoms with Gasteiger partial charge in [0.2, 0.25) is 0 Å². The summed E-state index contributed by atoms with van der Waals surface area (Å²) >= 11 is 6.38. The Morgan fingerprint density at radius 3 is 2.58 bits per heavy atom. The maximum Gasteiger partial charge on any atom is 0.357 e. The summed E-state index contributed by atoms with van der Waals surface area (Å²) in [5.41, 5.74) is 1.04. The standard InChI is InChI=1S/C17H21ClO6/c1-16(2)23-13-12(10-21-9-11-7-5-4-6-8-11)22-17(18,14(13)24-16)15(19)20-3/h4-8,12-14H,9-10H2,1-3H3/t12-,13-,14-,17+/m1/s1. The van der Waals surface area contributed by atoms with Crippen LogP contribution in [0.5, 0.6) is 0 Å². The van der Waals surface area contributed by atoms with Crippen LogP contribution in [0, 0.1) is 0 Å². The molecule has 0 saturated carbocycles. The summed E-state index contributed by atoms with van der Waals surface area (Å²) in [6, 6.07) is 9.77. The minimum absolute atomic E-state index is 0.223. The van der Waals surface area contributed by atoms with Gasteiger partial charge in [-0.3, -0.25) is 0 Å². The van der Waals surface area contributed by atoms with Crippen LogP contribution in [0.15, 0.2) is 30.3 Å². The largest absolute Gasteiger partial charge is 0.466 e. The predicted molar refractivity (Wildman–Crippen MR) is 85.4 cm³/mol. The molecular weight excluding hydrogens is 336 g/mol. The number of fused-ring (bicyclic) bond motifs is 1. The van der Waals surface area contributed by atoms with Crippen LogP contribution in [0.1, 0.15) is 19.4 Å². The molecule has 0 amide bonds. The number of rotatable bonds is 5. The lowest BCUT2D eigenvalue weighted by molar-refractivity contribution is -0.207. The van der Waals surface area contributed by atoms with Crippen molar-refractivity contribution in [2.24, 2.45) is 0 Å². The van der Waals surface area contributed by atoms with Crippen LogP contribution in [0.4, 0.5) is 0 Å². The fraction of sp³-hybridized carbons (Fsp3) is 0.588. The summed E-state index contributed by atoms with van der Waals surface area (Å²) in [6.07, 6.45) is -1.79. The van der Waals surface area contributed by atoms with Gasteiger partial charge in [0.15, 0.2) is 5.79 Å². The van der Waals surface area contributed by atoms with Crippen molar-refractivity contribution in [2.45, 2.75) is 49.6 Å². The number of esters is 1. The molecule has 0 spiro atoms. The fourth-order valence-corrected chi connectivity index (χ4v) is 3.36. The Balaban J connectivity index is 1.68. The van der Waals surface area contributed by atoms with E-state index in [4.69, 9.17) is 35.3 Å². The Kier molecular flexibility index (Phi) is 4.86. The van der Waals surface area contributed by atoms with Crippen LogP contribution in [-0.2, 0) is 35.1 Å². The maximum absolute atomic E-state index is 12.1. The summed E-state index contributed by atoms with van der Waals surface area (Å²) in [6.45, 7) is 4.18. The van der Waals surface area contributed by atoms with Crippen LogP contribution in [-0.4, -0.2) is 48.8 Å². The van der Waals surface area contributed by atoms with Gasteiger partial charge in [0.1, 0.15) is 18.3 Å². The average Bonchev–Trinajstić information content (AvgIpc) is 3.01. The van der Waals surface area contributed by atoms with Crippen molar-refractivity contribution in [3.05, 3.63) is 35.9 Å². The Morgan fingerprint density at radius 2 is 1.92 bits per heavy atom. The van der Waals surface area contributed by atoms with Crippen molar-refractivity contribution in [3.63, 3.8) is 0 Å². The van der Waals surface area contributed by atoms with E-state index >= 15 is 0 Å². The van der Waals surface area contributed by atoms with E-state index in [-0.39, 0.29) is 6.61 Å². The van der Waals surface area contributed by atoms with Gasteiger partial charge < -0.3 is 23.7 Å². The second-order valence-corrected chi connectivity index (χ2v) is 6.88. The molecule has 24 heavy (non-hydrogen) atoms. The number of alkyl halides is 1. The molecule has 3 rings (SSSR count). The quantitative estimate of drug-likeness (QED) is 0.595. The Labute approximate surface area is 145 Å². The third kappa shape index (κ3) is 3.30. The van der Waals surface area contributed by atoms with E-state index in [0.29, 0.717) is 6.61 Å².